The summed E-state index contributed by atoms with van der Waals surface area (Å²) in [6, 6.07) is -0.712. The second kappa shape index (κ2) is 50.6. The SMILES string of the molecule is CCCCC/C=C\CCCCCC(CC(=O)NC(CO)C(O)CCCCCCCCCCCCCCCCCC)OC(=O)CCCCCCC/C=C/C=C/C=C/C=C/CCCCC. The van der Waals surface area contributed by atoms with Crippen LogP contribution < -0.4 is 5.32 Å². The maximum atomic E-state index is 13.2. The highest BCUT2D eigenvalue weighted by molar-refractivity contribution is 5.77. The van der Waals surface area contributed by atoms with Crippen LogP contribution in [0, 0.1) is 0 Å². The molecule has 0 aliphatic carbocycles. The Kier molecular flexibility index (Phi) is 48.6. The third-order valence-corrected chi connectivity index (χ3v) is 12.2. The molecule has 0 heterocycles. The van der Waals surface area contributed by atoms with Gasteiger partial charge < -0.3 is 20.3 Å². The van der Waals surface area contributed by atoms with E-state index in [1.165, 1.54) is 122 Å². The predicted octanol–water partition coefficient (Wildman–Crippen LogP) is 16.4. The summed E-state index contributed by atoms with van der Waals surface area (Å²) in [6.45, 7) is 6.42. The molecular weight excluding hydrogens is 779 g/mol. The summed E-state index contributed by atoms with van der Waals surface area (Å²) in [5.74, 6) is -0.514. The highest BCUT2D eigenvalue weighted by Crippen LogP contribution is 2.18. The van der Waals surface area contributed by atoms with Crippen LogP contribution in [0.15, 0.2) is 60.8 Å². The van der Waals surface area contributed by atoms with Gasteiger partial charge in [-0.3, -0.25) is 9.59 Å². The Morgan fingerprint density at radius 3 is 1.32 bits per heavy atom. The Morgan fingerprint density at radius 1 is 0.460 bits per heavy atom. The lowest BCUT2D eigenvalue weighted by atomic mass is 10.0. The Balaban J connectivity index is 4.52. The first-order valence-electron chi connectivity index (χ1n) is 27.1. The van der Waals surface area contributed by atoms with Gasteiger partial charge in [0.25, 0.3) is 0 Å². The van der Waals surface area contributed by atoms with Crippen molar-refractivity contribution in [2.24, 2.45) is 0 Å². The Labute approximate surface area is 390 Å². The minimum Gasteiger partial charge on any atom is -0.462 e. The second-order valence-electron chi connectivity index (χ2n) is 18.4. The zero-order chi connectivity index (χ0) is 45.9. The summed E-state index contributed by atoms with van der Waals surface area (Å²) < 4.78 is 5.91. The number of nitrogens with one attached hydrogen (secondary N) is 1. The summed E-state index contributed by atoms with van der Waals surface area (Å²) in [7, 11) is 0. The normalized spacial score (nSPS) is 13.7. The van der Waals surface area contributed by atoms with Crippen LogP contribution in [-0.2, 0) is 14.3 Å². The molecule has 0 spiro atoms. The number of allylic oxidation sites excluding steroid dienone is 10. The summed E-state index contributed by atoms with van der Waals surface area (Å²) in [5, 5.41) is 23.8. The quantitative estimate of drug-likeness (QED) is 0.0245. The van der Waals surface area contributed by atoms with Gasteiger partial charge >= 0.3 is 5.97 Å². The Hall–Kier alpha value is -2.44. The summed E-state index contributed by atoms with van der Waals surface area (Å²) in [5.41, 5.74) is 0. The van der Waals surface area contributed by atoms with Crippen LogP contribution in [0.25, 0.3) is 0 Å². The molecule has 3 N–H and O–H groups in total. The van der Waals surface area contributed by atoms with E-state index in [2.05, 4.69) is 86.8 Å². The Morgan fingerprint density at radius 2 is 0.825 bits per heavy atom. The number of amides is 1. The fraction of sp³-hybridized carbons (Fsp3) is 0.789. The molecule has 63 heavy (non-hydrogen) atoms. The smallest absolute Gasteiger partial charge is 0.306 e. The van der Waals surface area contributed by atoms with Gasteiger partial charge in [0.15, 0.2) is 0 Å². The van der Waals surface area contributed by atoms with Crippen LogP contribution in [0.1, 0.15) is 265 Å². The molecule has 3 unspecified atom stereocenters. The van der Waals surface area contributed by atoms with Crippen molar-refractivity contribution in [1.29, 1.82) is 0 Å². The van der Waals surface area contributed by atoms with E-state index in [0.717, 1.165) is 96.3 Å². The maximum Gasteiger partial charge on any atom is 0.306 e. The molecule has 0 fully saturated rings. The van der Waals surface area contributed by atoms with Crippen LogP contribution >= 0.6 is 0 Å². The average Bonchev–Trinajstić information content (AvgIpc) is 3.28. The molecule has 6 nitrogen and oxygen atoms in total. The fourth-order valence-corrected chi connectivity index (χ4v) is 8.03. The minimum atomic E-state index is -0.797. The third-order valence-electron chi connectivity index (χ3n) is 12.2. The minimum absolute atomic E-state index is 0.0561. The fourth-order valence-electron chi connectivity index (χ4n) is 8.03. The van der Waals surface area contributed by atoms with Crippen molar-refractivity contribution in [2.45, 2.75) is 283 Å². The van der Waals surface area contributed by atoms with Gasteiger partial charge in [-0.05, 0) is 77.0 Å². The first-order valence-corrected chi connectivity index (χ1v) is 27.1. The van der Waals surface area contributed by atoms with E-state index < -0.39 is 18.2 Å². The zero-order valence-corrected chi connectivity index (χ0v) is 41.7. The molecule has 0 aromatic heterocycles. The number of unbranched alkanes of at least 4 members (excludes halogenated alkanes) is 29. The van der Waals surface area contributed by atoms with E-state index in [0.29, 0.717) is 19.3 Å². The molecule has 0 radical (unpaired) electrons. The number of carbonyl (C=O) groups is 2. The van der Waals surface area contributed by atoms with Crippen molar-refractivity contribution in [3.05, 3.63) is 60.8 Å². The van der Waals surface area contributed by atoms with Crippen LogP contribution in [0.2, 0.25) is 0 Å². The molecule has 0 saturated carbocycles. The lowest BCUT2D eigenvalue weighted by Gasteiger charge is -2.24. The summed E-state index contributed by atoms with van der Waals surface area (Å²) in [4.78, 5) is 26.1. The number of carbonyl (C=O) groups excluding carboxylic acids is 2. The van der Waals surface area contributed by atoms with Gasteiger partial charge in [-0.15, -0.1) is 0 Å². The van der Waals surface area contributed by atoms with Gasteiger partial charge in [-0.1, -0.05) is 236 Å². The van der Waals surface area contributed by atoms with E-state index in [1.54, 1.807) is 0 Å². The average molecular weight is 882 g/mol. The van der Waals surface area contributed by atoms with E-state index in [-0.39, 0.29) is 24.9 Å². The van der Waals surface area contributed by atoms with Crippen LogP contribution in [0.5, 0.6) is 0 Å². The number of esters is 1. The number of aliphatic hydroxyl groups excluding tert-OH is 2. The van der Waals surface area contributed by atoms with Gasteiger partial charge in [0, 0.05) is 6.42 Å². The van der Waals surface area contributed by atoms with Gasteiger partial charge in [-0.2, -0.15) is 0 Å². The van der Waals surface area contributed by atoms with E-state index >= 15 is 0 Å². The van der Waals surface area contributed by atoms with Gasteiger partial charge in [0.2, 0.25) is 5.91 Å². The highest BCUT2D eigenvalue weighted by Gasteiger charge is 2.24. The van der Waals surface area contributed by atoms with E-state index in [9.17, 15) is 19.8 Å². The predicted molar refractivity (Wildman–Crippen MR) is 273 cm³/mol. The van der Waals surface area contributed by atoms with Gasteiger partial charge in [0.1, 0.15) is 6.10 Å². The molecule has 0 bridgehead atoms. The molecule has 0 aliphatic rings. The lowest BCUT2D eigenvalue weighted by molar-refractivity contribution is -0.151. The molecule has 0 aromatic carbocycles. The molecule has 0 rings (SSSR count). The molecule has 3 atom stereocenters. The highest BCUT2D eigenvalue weighted by atomic mass is 16.5. The zero-order valence-electron chi connectivity index (χ0n) is 41.7. The Bertz CT molecular complexity index is 1130. The van der Waals surface area contributed by atoms with Crippen molar-refractivity contribution in [2.75, 3.05) is 6.61 Å². The molecule has 1 amide bonds. The first-order chi connectivity index (χ1) is 31.0. The maximum absolute atomic E-state index is 13.2. The van der Waals surface area contributed by atoms with Crippen molar-refractivity contribution in [1.82, 2.24) is 5.32 Å². The summed E-state index contributed by atoms with van der Waals surface area (Å²) in [6.07, 6.45) is 62.8. The van der Waals surface area contributed by atoms with Crippen LogP contribution in [-0.4, -0.2) is 46.9 Å². The number of rotatable bonds is 48. The van der Waals surface area contributed by atoms with Gasteiger partial charge in [0.05, 0.1) is 25.2 Å². The lowest BCUT2D eigenvalue weighted by Crippen LogP contribution is -2.46. The number of aliphatic hydroxyl groups is 2. The van der Waals surface area contributed by atoms with Crippen molar-refractivity contribution in [3.8, 4) is 0 Å². The van der Waals surface area contributed by atoms with Gasteiger partial charge in [-0.25, -0.2) is 0 Å². The number of hydrogen-bond donors (Lipinski definition) is 3. The molecule has 0 aromatic rings. The molecule has 0 aliphatic heterocycles. The van der Waals surface area contributed by atoms with E-state index in [1.807, 2.05) is 0 Å². The molecule has 0 saturated heterocycles. The summed E-state index contributed by atoms with van der Waals surface area (Å²) >= 11 is 0. The first kappa shape index (κ1) is 60.6. The van der Waals surface area contributed by atoms with Crippen LogP contribution in [0.4, 0.5) is 0 Å². The molecular formula is C57H103NO5. The monoisotopic (exact) mass is 882 g/mol. The topological polar surface area (TPSA) is 95.9 Å². The van der Waals surface area contributed by atoms with Crippen molar-refractivity contribution >= 4 is 11.9 Å². The largest absolute Gasteiger partial charge is 0.462 e. The standard InChI is InChI=1S/C57H103NO5/c1-4-7-10-13-16-19-22-24-26-28-29-31-33-35-38-41-44-47-50-57(62)63-53(48-45-42-39-36-21-18-15-12-9-6-3)51-56(61)58-54(52-59)55(60)49-46-43-40-37-34-32-30-27-25-23-20-17-14-11-8-5-2/h16,18-19,21-22,24,26,28-29,31,53-55,59-60H,4-15,17,20,23,25,27,30,32-52H2,1-3H3,(H,58,61)/b19-16+,21-18-,24-22+,28-26+,31-29+. The van der Waals surface area contributed by atoms with Crippen molar-refractivity contribution in [3.63, 3.8) is 0 Å². The second-order valence-corrected chi connectivity index (χ2v) is 18.4. The molecule has 6 heteroatoms. The van der Waals surface area contributed by atoms with Crippen LogP contribution in [0.3, 0.4) is 0 Å². The number of ether oxygens (including phenoxy) is 1. The molecule has 366 valence electrons. The van der Waals surface area contributed by atoms with E-state index in [4.69, 9.17) is 4.74 Å². The van der Waals surface area contributed by atoms with Crippen molar-refractivity contribution < 1.29 is 24.5 Å². The number of hydrogen-bond acceptors (Lipinski definition) is 5. The third kappa shape index (κ3) is 45.9.